The molecule has 0 bridgehead atoms. The Kier molecular flexibility index (Phi) is 6.50. The molecular weight excluding hydrogens is 423 g/mol. The summed E-state index contributed by atoms with van der Waals surface area (Å²) in [5.41, 5.74) is 0.419. The normalized spacial score (nSPS) is 15.2. The van der Waals surface area contributed by atoms with Crippen LogP contribution < -0.4 is 10.1 Å². The van der Waals surface area contributed by atoms with Gasteiger partial charge in [-0.25, -0.2) is 8.42 Å². The molecule has 1 aliphatic rings. The van der Waals surface area contributed by atoms with E-state index in [0.29, 0.717) is 28.8 Å². The number of halogens is 2. The largest absolute Gasteiger partial charge is 0.496 e. The quantitative estimate of drug-likeness (QED) is 0.742. The molecule has 0 unspecified atom stereocenters. The van der Waals surface area contributed by atoms with Crippen LogP contribution in [-0.2, 0) is 10.0 Å². The highest BCUT2D eigenvalue weighted by atomic mass is 35.5. The fraction of sp³-hybridized carbons (Fsp3) is 0.316. The Bertz CT molecular complexity index is 989. The Labute approximate surface area is 174 Å². The minimum Gasteiger partial charge on any atom is -0.496 e. The minimum atomic E-state index is -3.68. The van der Waals surface area contributed by atoms with E-state index in [-0.39, 0.29) is 16.2 Å². The molecule has 1 fully saturated rings. The Balaban J connectivity index is 1.94. The molecule has 0 atom stereocenters. The molecule has 1 heterocycles. The molecule has 3 rings (SSSR count). The average Bonchev–Trinajstić information content (AvgIpc) is 2.70. The van der Waals surface area contributed by atoms with Crippen molar-refractivity contribution in [1.29, 1.82) is 0 Å². The number of carbonyl (C=O) groups excluding carboxylic acids is 1. The first-order valence-electron chi connectivity index (χ1n) is 8.77. The molecule has 9 heteroatoms. The van der Waals surface area contributed by atoms with Gasteiger partial charge in [-0.05, 0) is 49.2 Å². The first-order chi connectivity index (χ1) is 13.3. The summed E-state index contributed by atoms with van der Waals surface area (Å²) in [6.45, 7) is 0.960. The average molecular weight is 443 g/mol. The molecule has 2 aromatic rings. The van der Waals surface area contributed by atoms with Crippen LogP contribution in [0.2, 0.25) is 10.0 Å². The Morgan fingerprint density at radius 2 is 1.79 bits per heavy atom. The number of anilines is 1. The fourth-order valence-electron chi connectivity index (χ4n) is 3.06. The van der Waals surface area contributed by atoms with Crippen LogP contribution in [0.5, 0.6) is 5.75 Å². The van der Waals surface area contributed by atoms with E-state index in [2.05, 4.69) is 5.32 Å². The van der Waals surface area contributed by atoms with Gasteiger partial charge >= 0.3 is 0 Å². The highest BCUT2D eigenvalue weighted by Gasteiger charge is 2.27. The predicted octanol–water partition coefficient (Wildman–Crippen LogP) is 4.43. The van der Waals surface area contributed by atoms with Crippen LogP contribution in [0.4, 0.5) is 5.69 Å². The van der Waals surface area contributed by atoms with E-state index >= 15 is 0 Å². The monoisotopic (exact) mass is 442 g/mol. The second-order valence-corrected chi connectivity index (χ2v) is 9.19. The zero-order chi connectivity index (χ0) is 20.3. The fourth-order valence-corrected chi connectivity index (χ4v) is 4.94. The lowest BCUT2D eigenvalue weighted by Crippen LogP contribution is -2.35. The molecule has 1 amide bonds. The van der Waals surface area contributed by atoms with E-state index < -0.39 is 15.9 Å². The zero-order valence-electron chi connectivity index (χ0n) is 15.2. The first-order valence-corrected chi connectivity index (χ1v) is 11.0. The van der Waals surface area contributed by atoms with Crippen LogP contribution in [0.3, 0.4) is 0 Å². The van der Waals surface area contributed by atoms with Gasteiger partial charge in [-0.2, -0.15) is 4.31 Å². The summed E-state index contributed by atoms with van der Waals surface area (Å²) in [5.74, 6) is -0.287. The molecular formula is C19H20Cl2N2O4S. The van der Waals surface area contributed by atoms with E-state index in [0.717, 1.165) is 19.3 Å². The van der Waals surface area contributed by atoms with Crippen molar-refractivity contribution in [2.45, 2.75) is 24.2 Å². The van der Waals surface area contributed by atoms with Crippen LogP contribution in [0.15, 0.2) is 41.3 Å². The number of sulfonamides is 1. The summed E-state index contributed by atoms with van der Waals surface area (Å²) in [6.07, 6.45) is 2.68. The molecule has 1 saturated heterocycles. The van der Waals surface area contributed by atoms with Crippen molar-refractivity contribution in [1.82, 2.24) is 4.31 Å². The van der Waals surface area contributed by atoms with Gasteiger partial charge in [-0.3, -0.25) is 4.79 Å². The minimum absolute atomic E-state index is 0.0533. The van der Waals surface area contributed by atoms with Crippen molar-refractivity contribution in [3.8, 4) is 5.75 Å². The molecule has 1 N–H and O–H groups in total. The standard InChI is InChI=1S/C19H20Cl2N2O4S/c1-27-18-8-6-14(28(25,26)23-9-3-2-4-10-23)12-15(18)19(24)22-17-11-13(20)5-7-16(17)21/h5-8,11-12H,2-4,9-10H2,1H3,(H,22,24). The lowest BCUT2D eigenvalue weighted by atomic mass is 10.2. The third kappa shape index (κ3) is 4.43. The molecule has 2 aromatic carbocycles. The number of piperidine rings is 1. The lowest BCUT2D eigenvalue weighted by molar-refractivity contribution is 0.102. The van der Waals surface area contributed by atoms with Crippen LogP contribution in [0, 0.1) is 0 Å². The summed E-state index contributed by atoms with van der Waals surface area (Å²) < 4.78 is 32.6. The maximum absolute atomic E-state index is 12.9. The van der Waals surface area contributed by atoms with Crippen molar-refractivity contribution in [2.24, 2.45) is 0 Å². The number of rotatable bonds is 5. The number of hydrogen-bond acceptors (Lipinski definition) is 4. The first kappa shape index (κ1) is 20.9. The van der Waals surface area contributed by atoms with Crippen molar-refractivity contribution in [3.05, 3.63) is 52.0 Å². The SMILES string of the molecule is COc1ccc(S(=O)(=O)N2CCCCC2)cc1C(=O)Nc1cc(Cl)ccc1Cl. The Morgan fingerprint density at radius 1 is 1.07 bits per heavy atom. The highest BCUT2D eigenvalue weighted by molar-refractivity contribution is 7.89. The van der Waals surface area contributed by atoms with E-state index in [1.807, 2.05) is 0 Å². The number of methoxy groups -OCH3 is 1. The summed E-state index contributed by atoms with van der Waals surface area (Å²) in [7, 11) is -2.27. The number of hydrogen-bond donors (Lipinski definition) is 1. The van der Waals surface area contributed by atoms with Gasteiger partial charge < -0.3 is 10.1 Å². The van der Waals surface area contributed by atoms with Gasteiger partial charge in [0.15, 0.2) is 0 Å². The maximum Gasteiger partial charge on any atom is 0.259 e. The van der Waals surface area contributed by atoms with Crippen LogP contribution in [0.1, 0.15) is 29.6 Å². The molecule has 0 radical (unpaired) electrons. The predicted molar refractivity (Wildman–Crippen MR) is 110 cm³/mol. The van der Waals surface area contributed by atoms with E-state index in [1.165, 1.54) is 35.7 Å². The summed E-state index contributed by atoms with van der Waals surface area (Å²) in [6, 6.07) is 8.94. The number of nitrogens with one attached hydrogen (secondary N) is 1. The maximum atomic E-state index is 12.9. The van der Waals surface area contributed by atoms with Crippen molar-refractivity contribution < 1.29 is 17.9 Å². The molecule has 0 saturated carbocycles. The van der Waals surface area contributed by atoms with Crippen LogP contribution in [0.25, 0.3) is 0 Å². The number of nitrogens with zero attached hydrogens (tertiary/aromatic N) is 1. The highest BCUT2D eigenvalue weighted by Crippen LogP contribution is 2.29. The van der Waals surface area contributed by atoms with Gasteiger partial charge in [0.1, 0.15) is 5.75 Å². The molecule has 0 aliphatic carbocycles. The third-order valence-corrected chi connectivity index (χ3v) is 7.00. The molecule has 0 spiro atoms. The Morgan fingerprint density at radius 3 is 2.46 bits per heavy atom. The summed E-state index contributed by atoms with van der Waals surface area (Å²) in [4.78, 5) is 12.9. The van der Waals surface area contributed by atoms with Gasteiger partial charge in [-0.15, -0.1) is 0 Å². The van der Waals surface area contributed by atoms with Crippen molar-refractivity contribution in [3.63, 3.8) is 0 Å². The van der Waals surface area contributed by atoms with Gasteiger partial charge in [0, 0.05) is 18.1 Å². The second kappa shape index (κ2) is 8.69. The van der Waals surface area contributed by atoms with Crippen LogP contribution in [-0.4, -0.2) is 38.8 Å². The van der Waals surface area contributed by atoms with E-state index in [9.17, 15) is 13.2 Å². The topological polar surface area (TPSA) is 75.7 Å². The van der Waals surface area contributed by atoms with Gasteiger partial charge in [0.2, 0.25) is 10.0 Å². The number of carbonyl (C=O) groups is 1. The van der Waals surface area contributed by atoms with E-state index in [1.54, 1.807) is 12.1 Å². The third-order valence-electron chi connectivity index (χ3n) is 4.54. The lowest BCUT2D eigenvalue weighted by Gasteiger charge is -2.26. The molecule has 0 aromatic heterocycles. The number of ether oxygens (including phenoxy) is 1. The van der Waals surface area contributed by atoms with Gasteiger partial charge in [-0.1, -0.05) is 29.6 Å². The van der Waals surface area contributed by atoms with Gasteiger partial charge in [0.05, 0.1) is 28.3 Å². The number of amides is 1. The smallest absolute Gasteiger partial charge is 0.259 e. The number of benzene rings is 2. The molecule has 1 aliphatic heterocycles. The zero-order valence-corrected chi connectivity index (χ0v) is 17.6. The molecule has 28 heavy (non-hydrogen) atoms. The molecule has 6 nitrogen and oxygen atoms in total. The van der Waals surface area contributed by atoms with E-state index in [4.69, 9.17) is 27.9 Å². The Hall–Kier alpha value is -1.80. The summed E-state index contributed by atoms with van der Waals surface area (Å²) in [5, 5.41) is 3.38. The second-order valence-electron chi connectivity index (χ2n) is 6.41. The van der Waals surface area contributed by atoms with Crippen molar-refractivity contribution >= 4 is 44.8 Å². The van der Waals surface area contributed by atoms with Crippen molar-refractivity contribution in [2.75, 3.05) is 25.5 Å². The van der Waals surface area contributed by atoms with Crippen LogP contribution >= 0.6 is 23.2 Å². The molecule has 150 valence electrons. The van der Waals surface area contributed by atoms with Gasteiger partial charge in [0.25, 0.3) is 5.91 Å². The summed E-state index contributed by atoms with van der Waals surface area (Å²) >= 11 is 12.1.